The molecule has 2 amide bonds. The van der Waals surface area contributed by atoms with Gasteiger partial charge in [-0.25, -0.2) is 0 Å². The molecular weight excluding hydrogens is 432 g/mol. The van der Waals surface area contributed by atoms with Crippen molar-refractivity contribution < 1.29 is 18.6 Å². The molecule has 2 aromatic heterocycles. The van der Waals surface area contributed by atoms with E-state index in [4.69, 9.17) is 9.05 Å². The average molecular weight is 461 g/mol. The van der Waals surface area contributed by atoms with Gasteiger partial charge in [0.05, 0.1) is 17.8 Å². The number of unbranched alkanes of at least 4 members (excludes halogenated alkanes) is 1. The lowest BCUT2D eigenvalue weighted by Gasteiger charge is -2.11. The van der Waals surface area contributed by atoms with Crippen LogP contribution in [0.2, 0.25) is 0 Å². The second-order valence-electron chi connectivity index (χ2n) is 8.34. The van der Waals surface area contributed by atoms with Gasteiger partial charge in [0, 0.05) is 18.6 Å². The highest BCUT2D eigenvalue weighted by molar-refractivity contribution is 5.91. The minimum atomic E-state index is -0.144. The molecule has 0 spiro atoms. The van der Waals surface area contributed by atoms with Crippen LogP contribution in [0.1, 0.15) is 42.6 Å². The summed E-state index contributed by atoms with van der Waals surface area (Å²) >= 11 is 0. The van der Waals surface area contributed by atoms with Crippen LogP contribution in [-0.4, -0.2) is 22.1 Å². The Morgan fingerprint density at radius 3 is 2.15 bits per heavy atom. The van der Waals surface area contributed by atoms with Crippen molar-refractivity contribution in [2.75, 3.05) is 10.6 Å². The fourth-order valence-electron chi connectivity index (χ4n) is 3.76. The summed E-state index contributed by atoms with van der Waals surface area (Å²) in [4.78, 5) is 24.3. The Bertz CT molecular complexity index is 1150. The van der Waals surface area contributed by atoms with Gasteiger partial charge in [-0.1, -0.05) is 64.9 Å². The number of aryl methyl sites for hydroxylation is 2. The molecule has 4 rings (SSSR count). The summed E-state index contributed by atoms with van der Waals surface area (Å²) in [5, 5.41) is 13.6. The Morgan fingerprint density at radius 2 is 1.53 bits per heavy atom. The SMILES string of the molecule is O=C(Cc1ccccc1)Nc1cc(CCCCc2cc(NC(=O)CC3C=CC=CC3)on2)no1. The van der Waals surface area contributed by atoms with Gasteiger partial charge >= 0.3 is 0 Å². The zero-order valence-corrected chi connectivity index (χ0v) is 18.9. The maximum atomic E-state index is 12.2. The van der Waals surface area contributed by atoms with E-state index in [-0.39, 0.29) is 24.2 Å². The monoisotopic (exact) mass is 460 g/mol. The van der Waals surface area contributed by atoms with Gasteiger partial charge in [0.2, 0.25) is 23.6 Å². The van der Waals surface area contributed by atoms with E-state index in [0.717, 1.165) is 49.1 Å². The van der Waals surface area contributed by atoms with Crippen LogP contribution >= 0.6 is 0 Å². The van der Waals surface area contributed by atoms with Crippen molar-refractivity contribution in [1.29, 1.82) is 0 Å². The lowest BCUT2D eigenvalue weighted by Crippen LogP contribution is -2.15. The fourth-order valence-corrected chi connectivity index (χ4v) is 3.76. The van der Waals surface area contributed by atoms with Crippen molar-refractivity contribution in [1.82, 2.24) is 10.3 Å². The topological polar surface area (TPSA) is 110 Å². The molecule has 3 aromatic rings. The van der Waals surface area contributed by atoms with Crippen LogP contribution in [-0.2, 0) is 28.9 Å². The van der Waals surface area contributed by atoms with Crippen molar-refractivity contribution in [3.05, 3.63) is 83.7 Å². The molecule has 1 aromatic carbocycles. The van der Waals surface area contributed by atoms with E-state index in [9.17, 15) is 9.59 Å². The third kappa shape index (κ3) is 7.30. The molecule has 34 heavy (non-hydrogen) atoms. The van der Waals surface area contributed by atoms with Crippen LogP contribution in [0.15, 0.2) is 75.8 Å². The van der Waals surface area contributed by atoms with Gasteiger partial charge in [0.25, 0.3) is 0 Å². The van der Waals surface area contributed by atoms with E-state index in [2.05, 4.69) is 27.0 Å². The zero-order chi connectivity index (χ0) is 23.6. The summed E-state index contributed by atoms with van der Waals surface area (Å²) in [6.07, 6.45) is 12.8. The molecule has 0 radical (unpaired) electrons. The minimum Gasteiger partial charge on any atom is -0.338 e. The molecule has 0 saturated heterocycles. The smallest absolute Gasteiger partial charge is 0.231 e. The molecule has 176 valence electrons. The van der Waals surface area contributed by atoms with Gasteiger partial charge in [-0.2, -0.15) is 0 Å². The summed E-state index contributed by atoms with van der Waals surface area (Å²) in [7, 11) is 0. The standard InChI is InChI=1S/C26H28N4O4/c31-23(15-19-9-3-1-4-10-19)27-25-17-21(29-33-25)13-7-8-14-22-18-26(34-30-22)28-24(32)16-20-11-5-2-6-12-20/h1-6,9-11,17-18,20H,7-8,12-16H2,(H,27,31)(H,28,32). The van der Waals surface area contributed by atoms with Crippen molar-refractivity contribution in [2.24, 2.45) is 5.92 Å². The summed E-state index contributed by atoms with van der Waals surface area (Å²) < 4.78 is 10.5. The lowest BCUT2D eigenvalue weighted by atomic mass is 9.97. The molecule has 2 N–H and O–H groups in total. The Hall–Kier alpha value is -3.94. The van der Waals surface area contributed by atoms with E-state index < -0.39 is 0 Å². The molecule has 2 heterocycles. The number of benzene rings is 1. The molecule has 1 unspecified atom stereocenters. The maximum Gasteiger partial charge on any atom is 0.231 e. The highest BCUT2D eigenvalue weighted by Gasteiger charge is 2.14. The van der Waals surface area contributed by atoms with Crippen molar-refractivity contribution in [2.45, 2.75) is 44.9 Å². The van der Waals surface area contributed by atoms with Crippen LogP contribution in [0.25, 0.3) is 0 Å². The number of carbonyl (C=O) groups is 2. The quantitative estimate of drug-likeness (QED) is 0.395. The maximum absolute atomic E-state index is 12.2. The number of hydrogen-bond acceptors (Lipinski definition) is 6. The molecule has 8 heteroatoms. The second kappa shape index (κ2) is 11.8. The van der Waals surface area contributed by atoms with E-state index in [1.165, 1.54) is 0 Å². The first-order chi connectivity index (χ1) is 16.6. The fraction of sp³-hybridized carbons (Fsp3) is 0.308. The molecule has 0 aliphatic heterocycles. The first kappa shape index (κ1) is 23.2. The molecule has 0 saturated carbocycles. The van der Waals surface area contributed by atoms with E-state index in [1.54, 1.807) is 12.1 Å². The van der Waals surface area contributed by atoms with Gasteiger partial charge < -0.3 is 9.05 Å². The largest absolute Gasteiger partial charge is 0.338 e. The predicted octanol–water partition coefficient (Wildman–Crippen LogP) is 4.87. The van der Waals surface area contributed by atoms with Gasteiger partial charge in [-0.05, 0) is 43.6 Å². The first-order valence-corrected chi connectivity index (χ1v) is 11.5. The Kier molecular flexibility index (Phi) is 8.05. The van der Waals surface area contributed by atoms with Crippen LogP contribution in [0, 0.1) is 5.92 Å². The van der Waals surface area contributed by atoms with Gasteiger partial charge in [-0.3, -0.25) is 20.2 Å². The Balaban J connectivity index is 1.13. The van der Waals surface area contributed by atoms with Crippen molar-refractivity contribution >= 4 is 23.6 Å². The number of anilines is 2. The lowest BCUT2D eigenvalue weighted by molar-refractivity contribution is -0.117. The summed E-state index contributed by atoms with van der Waals surface area (Å²) in [5.74, 6) is 0.733. The first-order valence-electron chi connectivity index (χ1n) is 11.5. The number of aromatic nitrogens is 2. The highest BCUT2D eigenvalue weighted by atomic mass is 16.5. The molecule has 0 fully saturated rings. The summed E-state index contributed by atoms with van der Waals surface area (Å²) in [6, 6.07) is 13.1. The van der Waals surface area contributed by atoms with Crippen LogP contribution in [0.3, 0.4) is 0 Å². The molecule has 1 atom stereocenters. The van der Waals surface area contributed by atoms with Crippen molar-refractivity contribution in [3.63, 3.8) is 0 Å². The van der Waals surface area contributed by atoms with Crippen LogP contribution in [0.4, 0.5) is 11.8 Å². The molecule has 8 nitrogen and oxygen atoms in total. The van der Waals surface area contributed by atoms with Gasteiger partial charge in [0.15, 0.2) is 0 Å². The average Bonchev–Trinajstić information content (AvgIpc) is 3.47. The Morgan fingerprint density at radius 1 is 0.882 bits per heavy atom. The third-order valence-corrected chi connectivity index (χ3v) is 5.48. The number of rotatable bonds is 11. The molecule has 1 aliphatic rings. The number of nitrogens with zero attached hydrogens (tertiary/aromatic N) is 2. The number of hydrogen-bond donors (Lipinski definition) is 2. The normalized spacial score (nSPS) is 14.8. The molecule has 0 bridgehead atoms. The van der Waals surface area contributed by atoms with E-state index >= 15 is 0 Å². The Labute approximate surface area is 198 Å². The third-order valence-electron chi connectivity index (χ3n) is 5.48. The summed E-state index contributed by atoms with van der Waals surface area (Å²) in [5.41, 5.74) is 2.52. The van der Waals surface area contributed by atoms with Gasteiger partial charge in [0.1, 0.15) is 0 Å². The number of allylic oxidation sites excluding steroid dienone is 4. The van der Waals surface area contributed by atoms with Gasteiger partial charge in [-0.15, -0.1) is 0 Å². The predicted molar refractivity (Wildman–Crippen MR) is 128 cm³/mol. The zero-order valence-electron chi connectivity index (χ0n) is 18.9. The molecule has 1 aliphatic carbocycles. The number of nitrogens with one attached hydrogen (secondary N) is 2. The highest BCUT2D eigenvalue weighted by Crippen LogP contribution is 2.18. The molecular formula is C26H28N4O4. The van der Waals surface area contributed by atoms with Crippen LogP contribution in [0.5, 0.6) is 0 Å². The van der Waals surface area contributed by atoms with E-state index in [1.807, 2.05) is 48.6 Å². The number of carbonyl (C=O) groups excluding carboxylic acids is 2. The summed E-state index contributed by atoms with van der Waals surface area (Å²) in [6.45, 7) is 0. The minimum absolute atomic E-state index is 0.0784. The second-order valence-corrected chi connectivity index (χ2v) is 8.34. The van der Waals surface area contributed by atoms with E-state index in [0.29, 0.717) is 18.2 Å². The van der Waals surface area contributed by atoms with Crippen molar-refractivity contribution in [3.8, 4) is 0 Å². The van der Waals surface area contributed by atoms with Crippen LogP contribution < -0.4 is 10.6 Å². The number of amides is 2.